The highest BCUT2D eigenvalue weighted by Crippen LogP contribution is 2.29. The summed E-state index contributed by atoms with van der Waals surface area (Å²) in [6.07, 6.45) is 27.3. The molecule has 8 heteroatoms. The predicted molar refractivity (Wildman–Crippen MR) is 218 cm³/mol. The highest BCUT2D eigenvalue weighted by molar-refractivity contribution is 5.95. The average Bonchev–Trinajstić information content (AvgIpc) is 3.19. The first-order valence-corrected chi connectivity index (χ1v) is 19.8. The van der Waals surface area contributed by atoms with Crippen LogP contribution in [0.1, 0.15) is 83.1 Å². The van der Waals surface area contributed by atoms with E-state index in [4.69, 9.17) is 9.47 Å². The van der Waals surface area contributed by atoms with Crippen molar-refractivity contribution in [3.63, 3.8) is 0 Å². The van der Waals surface area contributed by atoms with Crippen molar-refractivity contribution in [3.05, 3.63) is 109 Å². The van der Waals surface area contributed by atoms with Crippen molar-refractivity contribution in [2.45, 2.75) is 84.0 Å². The number of carbonyl (C=O) groups excluding carboxylic acids is 2. The number of aromatic nitrogens is 1. The second-order valence-electron chi connectivity index (χ2n) is 13.7. The molecule has 2 aromatic carbocycles. The van der Waals surface area contributed by atoms with Crippen LogP contribution in [0, 0.1) is 0 Å². The maximum absolute atomic E-state index is 12.8. The molecule has 8 nitrogen and oxygen atoms in total. The summed E-state index contributed by atoms with van der Waals surface area (Å²) >= 11 is 0. The van der Waals surface area contributed by atoms with E-state index in [1.54, 1.807) is 0 Å². The van der Waals surface area contributed by atoms with E-state index in [-0.39, 0.29) is 18.6 Å². The molecule has 0 bridgehead atoms. The molecule has 2 aliphatic heterocycles. The van der Waals surface area contributed by atoms with Gasteiger partial charge in [0.25, 0.3) is 0 Å². The summed E-state index contributed by atoms with van der Waals surface area (Å²) in [5, 5.41) is 2.61. The number of amides is 1. The molecule has 0 aliphatic carbocycles. The highest BCUT2D eigenvalue weighted by Gasteiger charge is 2.27. The number of esters is 1. The number of piperazine rings is 1. The van der Waals surface area contributed by atoms with Crippen molar-refractivity contribution < 1.29 is 19.1 Å². The Labute approximate surface area is 316 Å². The van der Waals surface area contributed by atoms with Gasteiger partial charge in [0.2, 0.25) is 11.8 Å². The van der Waals surface area contributed by atoms with Gasteiger partial charge in [0, 0.05) is 56.2 Å². The third kappa shape index (κ3) is 13.0. The molecular weight excluding hydrogens is 661 g/mol. The molecule has 0 radical (unpaired) electrons. The number of hydrogen-bond donors (Lipinski definition) is 0. The molecule has 1 aromatic heterocycles. The molecule has 282 valence electrons. The van der Waals surface area contributed by atoms with Gasteiger partial charge in [-0.3, -0.25) is 19.4 Å². The highest BCUT2D eigenvalue weighted by atomic mass is 16.5. The third-order valence-corrected chi connectivity index (χ3v) is 9.77. The molecule has 0 saturated carbocycles. The fourth-order valence-corrected chi connectivity index (χ4v) is 6.75. The first kappa shape index (κ1) is 39.5. The summed E-state index contributed by atoms with van der Waals surface area (Å²) in [5.41, 5.74) is 2.30. The van der Waals surface area contributed by atoms with Crippen LogP contribution in [0.25, 0.3) is 10.8 Å². The molecule has 3 aromatic rings. The topological polar surface area (TPSA) is 75.2 Å². The Morgan fingerprint density at radius 2 is 1.51 bits per heavy atom. The lowest BCUT2D eigenvalue weighted by Crippen LogP contribution is -2.46. The van der Waals surface area contributed by atoms with Crippen LogP contribution in [0.5, 0.6) is 5.88 Å². The molecule has 0 atom stereocenters. The number of hydrogen-bond acceptors (Lipinski definition) is 7. The quantitative estimate of drug-likeness (QED) is 0.0618. The first-order chi connectivity index (χ1) is 26.1. The Bertz CT molecular complexity index is 1700. The molecular formula is C45H58N4O4. The SMILES string of the molecule is CC/C=C\C/C=C\C/C=C\C/C=C\CCCCC(=O)OCN1C(=O)CCc2ccc(OCCCCN3CCN(c4cccc5ccccc45)CC3)nc21. The van der Waals surface area contributed by atoms with Crippen molar-refractivity contribution in [3.8, 4) is 5.88 Å². The number of fused-ring (bicyclic) bond motifs is 2. The Morgan fingerprint density at radius 3 is 2.30 bits per heavy atom. The van der Waals surface area contributed by atoms with Gasteiger partial charge in [-0.25, -0.2) is 0 Å². The zero-order chi connectivity index (χ0) is 36.9. The molecule has 0 unspecified atom stereocenters. The number of unbranched alkanes of at least 4 members (excludes halogenated alkanes) is 3. The van der Waals surface area contributed by atoms with Gasteiger partial charge in [0.05, 0.1) is 6.61 Å². The van der Waals surface area contributed by atoms with Gasteiger partial charge in [-0.15, -0.1) is 0 Å². The molecule has 0 spiro atoms. The summed E-state index contributed by atoms with van der Waals surface area (Å²) < 4.78 is 11.6. The van der Waals surface area contributed by atoms with Crippen LogP contribution in [-0.2, 0) is 20.7 Å². The van der Waals surface area contributed by atoms with E-state index in [0.29, 0.717) is 37.6 Å². The van der Waals surface area contributed by atoms with Crippen molar-refractivity contribution >= 4 is 34.2 Å². The predicted octanol–water partition coefficient (Wildman–Crippen LogP) is 9.36. The molecule has 1 amide bonds. The number of pyridine rings is 1. The lowest BCUT2D eigenvalue weighted by molar-refractivity contribution is -0.144. The largest absolute Gasteiger partial charge is 0.478 e. The zero-order valence-electron chi connectivity index (χ0n) is 31.7. The maximum Gasteiger partial charge on any atom is 0.307 e. The first-order valence-electron chi connectivity index (χ1n) is 19.8. The van der Waals surface area contributed by atoms with E-state index in [9.17, 15) is 9.59 Å². The number of allylic oxidation sites excluding steroid dienone is 8. The van der Waals surface area contributed by atoms with E-state index >= 15 is 0 Å². The second kappa shape index (κ2) is 22.4. The summed E-state index contributed by atoms with van der Waals surface area (Å²) in [4.78, 5) is 36.5. The number of anilines is 2. The van der Waals surface area contributed by atoms with Crippen LogP contribution in [0.15, 0.2) is 103 Å². The molecule has 2 aliphatic rings. The molecule has 0 N–H and O–H groups in total. The minimum absolute atomic E-state index is 0.0881. The van der Waals surface area contributed by atoms with E-state index in [1.165, 1.54) is 21.4 Å². The fraction of sp³-hybridized carbons (Fsp3) is 0.444. The standard InChI is InChI=1S/C45H58N4O4/c1-2-3-4-5-6-7-8-9-10-11-12-13-14-15-16-26-44(51)53-37-49-43(50)30-28-39-27-29-42(46-45(39)49)52-36-20-19-31-47-32-34-48(35-33-47)41-25-21-23-38-22-17-18-24-40(38)41/h3-4,6-7,9-10,12-13,17-18,21-25,27,29H,2,5,8,11,14-16,19-20,26,28,30-37H2,1H3/b4-3-,7-6-,10-9-,13-12-. The van der Waals surface area contributed by atoms with Gasteiger partial charge >= 0.3 is 5.97 Å². The van der Waals surface area contributed by atoms with Crippen LogP contribution in [0.4, 0.5) is 11.5 Å². The van der Waals surface area contributed by atoms with Crippen LogP contribution in [0.2, 0.25) is 0 Å². The lowest BCUT2D eigenvalue weighted by atomic mass is 10.1. The number of ether oxygens (including phenoxy) is 2. The van der Waals surface area contributed by atoms with Crippen molar-refractivity contribution in [1.82, 2.24) is 9.88 Å². The number of aryl methyl sites for hydroxylation is 1. The van der Waals surface area contributed by atoms with E-state index in [0.717, 1.165) is 96.1 Å². The van der Waals surface area contributed by atoms with Gasteiger partial charge in [-0.2, -0.15) is 4.98 Å². The summed E-state index contributed by atoms with van der Waals surface area (Å²) in [6.45, 7) is 7.79. The monoisotopic (exact) mass is 718 g/mol. The lowest BCUT2D eigenvalue weighted by Gasteiger charge is -2.36. The minimum Gasteiger partial charge on any atom is -0.478 e. The second-order valence-corrected chi connectivity index (χ2v) is 13.7. The van der Waals surface area contributed by atoms with Crippen LogP contribution < -0.4 is 14.5 Å². The number of carbonyl (C=O) groups is 2. The Hall–Kier alpha value is -4.69. The smallest absolute Gasteiger partial charge is 0.307 e. The van der Waals surface area contributed by atoms with Crippen LogP contribution in [-0.4, -0.2) is 67.8 Å². The van der Waals surface area contributed by atoms with Gasteiger partial charge in [-0.1, -0.05) is 91.9 Å². The molecule has 1 fully saturated rings. The summed E-state index contributed by atoms with van der Waals surface area (Å²) in [7, 11) is 0. The normalized spacial score (nSPS) is 15.5. The van der Waals surface area contributed by atoms with Gasteiger partial charge in [0.1, 0.15) is 5.82 Å². The van der Waals surface area contributed by atoms with Gasteiger partial charge < -0.3 is 14.4 Å². The molecule has 3 heterocycles. The van der Waals surface area contributed by atoms with E-state index in [2.05, 4.69) is 113 Å². The van der Waals surface area contributed by atoms with Gasteiger partial charge in [0.15, 0.2) is 6.73 Å². The summed E-state index contributed by atoms with van der Waals surface area (Å²) in [6, 6.07) is 19.0. The summed E-state index contributed by atoms with van der Waals surface area (Å²) in [5.74, 6) is 0.650. The number of benzene rings is 2. The van der Waals surface area contributed by atoms with E-state index < -0.39 is 0 Å². The number of nitrogens with zero attached hydrogens (tertiary/aromatic N) is 4. The van der Waals surface area contributed by atoms with Crippen molar-refractivity contribution in [2.75, 3.05) is 55.9 Å². The minimum atomic E-state index is -0.294. The fourth-order valence-electron chi connectivity index (χ4n) is 6.75. The van der Waals surface area contributed by atoms with Crippen LogP contribution in [0.3, 0.4) is 0 Å². The Morgan fingerprint density at radius 1 is 0.774 bits per heavy atom. The number of rotatable bonds is 21. The Kier molecular flexibility index (Phi) is 16.7. The van der Waals surface area contributed by atoms with E-state index in [1.807, 2.05) is 12.1 Å². The average molecular weight is 719 g/mol. The Balaban J connectivity index is 0.943. The molecule has 53 heavy (non-hydrogen) atoms. The van der Waals surface area contributed by atoms with Crippen molar-refractivity contribution in [2.24, 2.45) is 0 Å². The zero-order valence-corrected chi connectivity index (χ0v) is 31.7. The van der Waals surface area contributed by atoms with Gasteiger partial charge in [-0.05, 0) is 93.8 Å². The third-order valence-electron chi connectivity index (χ3n) is 9.77. The van der Waals surface area contributed by atoms with Crippen LogP contribution >= 0.6 is 0 Å². The maximum atomic E-state index is 12.8. The van der Waals surface area contributed by atoms with Crippen molar-refractivity contribution in [1.29, 1.82) is 0 Å². The molecule has 5 rings (SSSR count). The molecule has 1 saturated heterocycles.